The predicted octanol–water partition coefficient (Wildman–Crippen LogP) is 4.37. The molecule has 1 fully saturated rings. The minimum Gasteiger partial charge on any atom is -0.456 e. The van der Waals surface area contributed by atoms with E-state index in [0.29, 0.717) is 5.25 Å². The van der Waals surface area contributed by atoms with E-state index >= 15 is 0 Å². The highest BCUT2D eigenvalue weighted by Gasteiger charge is 2.28. The molecular formula is C14H10OS. The average Bonchev–Trinajstić information content (AvgIpc) is 3.09. The van der Waals surface area contributed by atoms with Crippen LogP contribution in [0.2, 0.25) is 0 Å². The molecule has 1 aliphatic rings. The lowest BCUT2D eigenvalue weighted by atomic mass is 10.1. The fourth-order valence-corrected chi connectivity index (χ4v) is 2.89. The van der Waals surface area contributed by atoms with Crippen LogP contribution in [0.4, 0.5) is 0 Å². The highest BCUT2D eigenvalue weighted by Crippen LogP contribution is 2.49. The van der Waals surface area contributed by atoms with Crippen molar-refractivity contribution in [2.75, 3.05) is 5.75 Å². The van der Waals surface area contributed by atoms with Gasteiger partial charge in [-0.1, -0.05) is 36.4 Å². The van der Waals surface area contributed by atoms with Gasteiger partial charge in [-0.05, 0) is 6.07 Å². The van der Waals surface area contributed by atoms with Crippen molar-refractivity contribution >= 4 is 33.7 Å². The SMILES string of the molecule is c1ccc2c(c1)oc1c(C3CS3)cccc12. The number of para-hydroxylation sites is 2. The number of hydrogen-bond donors (Lipinski definition) is 0. The van der Waals surface area contributed by atoms with Gasteiger partial charge < -0.3 is 4.42 Å². The molecule has 3 aromatic rings. The Morgan fingerprint density at radius 1 is 1.00 bits per heavy atom. The molecule has 0 amide bonds. The highest BCUT2D eigenvalue weighted by atomic mass is 32.2. The molecule has 0 aliphatic carbocycles. The second-order valence-electron chi connectivity index (χ2n) is 4.14. The van der Waals surface area contributed by atoms with E-state index in [1.807, 2.05) is 23.9 Å². The van der Waals surface area contributed by atoms with Crippen LogP contribution in [0.3, 0.4) is 0 Å². The van der Waals surface area contributed by atoms with Crippen LogP contribution in [-0.2, 0) is 0 Å². The lowest BCUT2D eigenvalue weighted by molar-refractivity contribution is 0.664. The third-order valence-corrected chi connectivity index (χ3v) is 4.04. The van der Waals surface area contributed by atoms with Gasteiger partial charge in [0.25, 0.3) is 0 Å². The maximum absolute atomic E-state index is 5.97. The monoisotopic (exact) mass is 226 g/mol. The van der Waals surface area contributed by atoms with Crippen molar-refractivity contribution in [2.45, 2.75) is 5.25 Å². The van der Waals surface area contributed by atoms with Crippen molar-refractivity contribution < 1.29 is 4.42 Å². The summed E-state index contributed by atoms with van der Waals surface area (Å²) in [6, 6.07) is 14.7. The summed E-state index contributed by atoms with van der Waals surface area (Å²) in [7, 11) is 0. The fourth-order valence-electron chi connectivity index (χ4n) is 2.25. The van der Waals surface area contributed by atoms with Crippen LogP contribution >= 0.6 is 11.8 Å². The van der Waals surface area contributed by atoms with Crippen LogP contribution in [0.15, 0.2) is 46.9 Å². The summed E-state index contributed by atoms with van der Waals surface area (Å²) in [5, 5.41) is 3.13. The van der Waals surface area contributed by atoms with Gasteiger partial charge >= 0.3 is 0 Å². The summed E-state index contributed by atoms with van der Waals surface area (Å²) in [4.78, 5) is 0. The van der Waals surface area contributed by atoms with E-state index in [2.05, 4.69) is 30.3 Å². The number of hydrogen-bond acceptors (Lipinski definition) is 2. The Morgan fingerprint density at radius 2 is 1.81 bits per heavy atom. The molecule has 78 valence electrons. The second kappa shape index (κ2) is 3.05. The number of furan rings is 1. The highest BCUT2D eigenvalue weighted by molar-refractivity contribution is 8.06. The summed E-state index contributed by atoms with van der Waals surface area (Å²) in [5.74, 6) is 1.23. The first kappa shape index (κ1) is 8.71. The van der Waals surface area contributed by atoms with E-state index in [1.54, 1.807) is 0 Å². The lowest BCUT2D eigenvalue weighted by Crippen LogP contribution is -1.78. The zero-order valence-corrected chi connectivity index (χ0v) is 9.46. The van der Waals surface area contributed by atoms with Gasteiger partial charge in [-0.2, -0.15) is 11.8 Å². The van der Waals surface area contributed by atoms with Crippen LogP contribution in [0.1, 0.15) is 10.8 Å². The number of rotatable bonds is 1. The van der Waals surface area contributed by atoms with Crippen molar-refractivity contribution in [3.8, 4) is 0 Å². The van der Waals surface area contributed by atoms with Crippen LogP contribution in [0.25, 0.3) is 21.9 Å². The summed E-state index contributed by atoms with van der Waals surface area (Å²) in [6.07, 6.45) is 0. The maximum Gasteiger partial charge on any atom is 0.139 e. The third kappa shape index (κ3) is 1.14. The van der Waals surface area contributed by atoms with Crippen LogP contribution < -0.4 is 0 Å². The average molecular weight is 226 g/mol. The molecule has 0 saturated carbocycles. The first-order valence-electron chi connectivity index (χ1n) is 5.45. The molecule has 0 bridgehead atoms. The Hall–Kier alpha value is -1.41. The predicted molar refractivity (Wildman–Crippen MR) is 68.9 cm³/mol. The molecule has 0 radical (unpaired) electrons. The summed E-state index contributed by atoms with van der Waals surface area (Å²) in [5.41, 5.74) is 3.44. The summed E-state index contributed by atoms with van der Waals surface area (Å²) < 4.78 is 5.97. The van der Waals surface area contributed by atoms with E-state index in [4.69, 9.17) is 4.42 Å². The quantitative estimate of drug-likeness (QED) is 0.571. The van der Waals surface area contributed by atoms with Crippen molar-refractivity contribution in [3.63, 3.8) is 0 Å². The van der Waals surface area contributed by atoms with Gasteiger partial charge in [0.1, 0.15) is 11.2 Å². The van der Waals surface area contributed by atoms with Crippen LogP contribution in [0, 0.1) is 0 Å². The van der Waals surface area contributed by atoms with Crippen molar-refractivity contribution in [3.05, 3.63) is 48.0 Å². The molecule has 0 N–H and O–H groups in total. The normalized spacial score (nSPS) is 19.4. The van der Waals surface area contributed by atoms with E-state index in [1.165, 1.54) is 22.1 Å². The van der Waals surface area contributed by atoms with Gasteiger partial charge in [-0.3, -0.25) is 0 Å². The minimum atomic E-state index is 0.657. The van der Waals surface area contributed by atoms with Gasteiger partial charge in [0.05, 0.1) is 0 Å². The van der Waals surface area contributed by atoms with E-state index in [0.717, 1.165) is 11.2 Å². The Morgan fingerprint density at radius 3 is 2.69 bits per heavy atom. The molecule has 2 aromatic carbocycles. The molecule has 1 saturated heterocycles. The topological polar surface area (TPSA) is 13.1 Å². The maximum atomic E-state index is 5.97. The molecule has 1 atom stereocenters. The van der Waals surface area contributed by atoms with E-state index in [9.17, 15) is 0 Å². The van der Waals surface area contributed by atoms with Crippen molar-refractivity contribution in [1.29, 1.82) is 0 Å². The molecule has 2 heterocycles. The molecule has 1 aromatic heterocycles. The Bertz CT molecular complexity index is 679. The summed E-state index contributed by atoms with van der Waals surface area (Å²) >= 11 is 1.99. The number of benzene rings is 2. The first-order chi connectivity index (χ1) is 7.93. The Kier molecular flexibility index (Phi) is 1.66. The van der Waals surface area contributed by atoms with Crippen molar-refractivity contribution in [2.24, 2.45) is 0 Å². The largest absolute Gasteiger partial charge is 0.456 e. The van der Waals surface area contributed by atoms with Gasteiger partial charge in [0.2, 0.25) is 0 Å². The van der Waals surface area contributed by atoms with Crippen LogP contribution in [0.5, 0.6) is 0 Å². The van der Waals surface area contributed by atoms with E-state index in [-0.39, 0.29) is 0 Å². The molecule has 16 heavy (non-hydrogen) atoms. The van der Waals surface area contributed by atoms with Gasteiger partial charge in [0.15, 0.2) is 0 Å². The molecule has 4 rings (SSSR count). The Balaban J connectivity index is 2.18. The second-order valence-corrected chi connectivity index (χ2v) is 5.38. The minimum absolute atomic E-state index is 0.657. The molecular weight excluding hydrogens is 216 g/mol. The zero-order chi connectivity index (χ0) is 10.5. The molecule has 1 aliphatic heterocycles. The first-order valence-corrected chi connectivity index (χ1v) is 6.50. The van der Waals surface area contributed by atoms with Gasteiger partial charge in [0, 0.05) is 27.3 Å². The van der Waals surface area contributed by atoms with Gasteiger partial charge in [-0.25, -0.2) is 0 Å². The summed E-state index contributed by atoms with van der Waals surface area (Å²) in [6.45, 7) is 0. The third-order valence-electron chi connectivity index (χ3n) is 3.11. The molecule has 2 heteroatoms. The standard InChI is InChI=1S/C14H10OS/c1-2-7-12-9(4-1)10-5-3-6-11(13-8-16-13)14(10)15-12/h1-7,13H,8H2. The molecule has 1 nitrogen and oxygen atoms in total. The Labute approximate surface area is 97.4 Å². The molecule has 0 spiro atoms. The van der Waals surface area contributed by atoms with Crippen molar-refractivity contribution in [1.82, 2.24) is 0 Å². The van der Waals surface area contributed by atoms with E-state index < -0.39 is 0 Å². The smallest absolute Gasteiger partial charge is 0.139 e. The lowest BCUT2D eigenvalue weighted by Gasteiger charge is -1.96. The molecule has 1 unspecified atom stereocenters. The number of fused-ring (bicyclic) bond motifs is 3. The van der Waals surface area contributed by atoms with Gasteiger partial charge in [-0.15, -0.1) is 0 Å². The zero-order valence-electron chi connectivity index (χ0n) is 8.64. The van der Waals surface area contributed by atoms with Crippen LogP contribution in [-0.4, -0.2) is 5.75 Å². The number of thioether (sulfide) groups is 1. The fraction of sp³-hybridized carbons (Fsp3) is 0.143.